The number of nitrogens with zero attached hydrogens (tertiary/aromatic N) is 2. The van der Waals surface area contributed by atoms with Gasteiger partial charge in [-0.15, -0.1) is 0 Å². The minimum Gasteiger partial charge on any atom is -0.404 e. The van der Waals surface area contributed by atoms with Gasteiger partial charge in [-0.05, 0) is 42.0 Å². The van der Waals surface area contributed by atoms with E-state index in [9.17, 15) is 4.79 Å². The van der Waals surface area contributed by atoms with Crippen LogP contribution in [0.15, 0.2) is 41.5 Å². The molecule has 0 saturated heterocycles. The van der Waals surface area contributed by atoms with Crippen LogP contribution in [0.5, 0.6) is 0 Å². The van der Waals surface area contributed by atoms with Gasteiger partial charge < -0.3 is 32.7 Å². The van der Waals surface area contributed by atoms with E-state index >= 15 is 0 Å². The van der Waals surface area contributed by atoms with Crippen LogP contribution < -0.4 is 22.5 Å². The fourth-order valence-corrected chi connectivity index (χ4v) is 3.10. The van der Waals surface area contributed by atoms with Gasteiger partial charge >= 0.3 is 0 Å². The number of hydrogen-bond donors (Lipinski definition) is 5. The number of halogens is 1. The Bertz CT molecular complexity index is 1010. The molecule has 10 heteroatoms. The third kappa shape index (κ3) is 6.27. The second-order valence-electron chi connectivity index (χ2n) is 6.40. The summed E-state index contributed by atoms with van der Waals surface area (Å²) in [4.78, 5) is 20.8. The van der Waals surface area contributed by atoms with E-state index < -0.39 is 5.91 Å². The van der Waals surface area contributed by atoms with E-state index in [1.165, 1.54) is 12.3 Å². The topological polar surface area (TPSA) is 165 Å². The van der Waals surface area contributed by atoms with Crippen molar-refractivity contribution in [2.45, 2.75) is 13.3 Å². The first-order chi connectivity index (χ1) is 14.9. The van der Waals surface area contributed by atoms with Gasteiger partial charge in [-0.3, -0.25) is 4.79 Å². The first-order valence-electron chi connectivity index (χ1n) is 9.61. The van der Waals surface area contributed by atoms with Crippen LogP contribution in [-0.2, 0) is 4.74 Å². The summed E-state index contributed by atoms with van der Waals surface area (Å²) < 4.78 is 5.48. The van der Waals surface area contributed by atoms with Crippen LogP contribution in [-0.4, -0.2) is 42.7 Å². The lowest BCUT2D eigenvalue weighted by molar-refractivity contribution is 0.100. The minimum absolute atomic E-state index is 0.105. The number of aliphatic imine (C=N–C) groups is 1. The highest BCUT2D eigenvalue weighted by Gasteiger charge is 2.19. The van der Waals surface area contributed by atoms with Crippen LogP contribution in [0.2, 0.25) is 5.02 Å². The predicted octanol–water partition coefficient (Wildman–Crippen LogP) is 2.80. The number of nitrogens with two attached hydrogens (primary N) is 3. The van der Waals surface area contributed by atoms with Gasteiger partial charge in [0, 0.05) is 24.9 Å². The van der Waals surface area contributed by atoms with E-state index in [0.717, 1.165) is 12.6 Å². The molecule has 0 saturated carbocycles. The van der Waals surface area contributed by atoms with Crippen molar-refractivity contribution in [3.63, 3.8) is 0 Å². The van der Waals surface area contributed by atoms with Crippen molar-refractivity contribution in [2.24, 2.45) is 22.2 Å². The number of carbonyl (C=O) groups excluding carboxylic acids is 1. The first kappa shape index (κ1) is 23.8. The monoisotopic (exact) mass is 443 g/mol. The number of primary amides is 1. The highest BCUT2D eigenvalue weighted by atomic mass is 35.5. The molecule has 0 aliphatic heterocycles. The third-order valence-corrected chi connectivity index (χ3v) is 4.45. The van der Waals surface area contributed by atoms with Gasteiger partial charge in [0.1, 0.15) is 11.7 Å². The molecule has 1 amide bonds. The Morgan fingerprint density at radius 3 is 2.74 bits per heavy atom. The molecule has 0 aliphatic rings. The molecule has 0 aliphatic carbocycles. The zero-order chi connectivity index (χ0) is 22.8. The molecule has 0 unspecified atom stereocenters. The van der Waals surface area contributed by atoms with Crippen molar-refractivity contribution < 1.29 is 9.53 Å². The van der Waals surface area contributed by atoms with Crippen molar-refractivity contribution in [3.8, 4) is 11.1 Å². The molecule has 0 radical (unpaired) electrons. The maximum absolute atomic E-state index is 12.1. The fraction of sp³-hybridized carbons (Fsp3) is 0.238. The minimum atomic E-state index is -0.688. The van der Waals surface area contributed by atoms with Gasteiger partial charge in [0.05, 0.1) is 17.2 Å². The smallest absolute Gasteiger partial charge is 0.250 e. The van der Waals surface area contributed by atoms with Gasteiger partial charge in [-0.2, -0.15) is 0 Å². The van der Waals surface area contributed by atoms with E-state index in [-0.39, 0.29) is 22.2 Å². The number of anilines is 1. The second kappa shape index (κ2) is 11.7. The molecule has 1 aromatic heterocycles. The van der Waals surface area contributed by atoms with Crippen LogP contribution in [0.3, 0.4) is 0 Å². The Morgan fingerprint density at radius 2 is 2.10 bits per heavy atom. The molecule has 2 rings (SSSR count). The van der Waals surface area contributed by atoms with E-state index in [4.69, 9.17) is 38.9 Å². The normalized spacial score (nSPS) is 11.6. The van der Waals surface area contributed by atoms with Crippen molar-refractivity contribution in [3.05, 3.63) is 52.7 Å². The van der Waals surface area contributed by atoms with Gasteiger partial charge in [0.15, 0.2) is 5.82 Å². The lowest BCUT2D eigenvalue weighted by atomic mass is 9.95. The highest BCUT2D eigenvalue weighted by molar-refractivity contribution is 6.34. The molecule has 1 heterocycles. The molecule has 0 fully saturated rings. The van der Waals surface area contributed by atoms with Crippen molar-refractivity contribution in [1.29, 1.82) is 5.41 Å². The standard InChI is InChI=1S/C21H26ClN7O2/c1-2-9-31-10-8-27-18-11-14(13-4-3-5-16(22)19(13)20(26)30)15(12-24)21(29-18)28-17(25)6-7-23/h3-7,11-12,24H,2,8-10,23H2,1H3,(H2,26,30)(H3,25,27,28,29)/b7-6-,24-12?. The number of hydrogen-bond acceptors (Lipinski definition) is 7. The number of carbonyl (C=O) groups is 1. The van der Waals surface area contributed by atoms with E-state index in [2.05, 4.69) is 15.3 Å². The maximum atomic E-state index is 12.1. The number of ether oxygens (including phenoxy) is 1. The van der Waals surface area contributed by atoms with E-state index in [0.29, 0.717) is 42.3 Å². The van der Waals surface area contributed by atoms with E-state index in [1.807, 2.05) is 6.92 Å². The average Bonchev–Trinajstić information content (AvgIpc) is 2.73. The largest absolute Gasteiger partial charge is 0.404 e. The molecule has 164 valence electrons. The molecular weight excluding hydrogens is 418 g/mol. The molecule has 8 N–H and O–H groups in total. The van der Waals surface area contributed by atoms with Crippen molar-refractivity contribution >= 4 is 41.2 Å². The van der Waals surface area contributed by atoms with Gasteiger partial charge in [0.25, 0.3) is 5.91 Å². The molecule has 9 nitrogen and oxygen atoms in total. The second-order valence-corrected chi connectivity index (χ2v) is 6.81. The predicted molar refractivity (Wildman–Crippen MR) is 125 cm³/mol. The summed E-state index contributed by atoms with van der Waals surface area (Å²) in [6.07, 6.45) is 4.66. The molecular formula is C21H26ClN7O2. The zero-order valence-electron chi connectivity index (χ0n) is 17.2. The number of benzene rings is 1. The highest BCUT2D eigenvalue weighted by Crippen LogP contribution is 2.35. The van der Waals surface area contributed by atoms with Crippen LogP contribution in [0.4, 0.5) is 11.6 Å². The lowest BCUT2D eigenvalue weighted by Gasteiger charge is -2.15. The molecule has 0 spiro atoms. The lowest BCUT2D eigenvalue weighted by Crippen LogP contribution is -2.15. The Morgan fingerprint density at radius 1 is 1.32 bits per heavy atom. The van der Waals surface area contributed by atoms with Crippen LogP contribution in [0, 0.1) is 5.41 Å². The molecule has 0 atom stereocenters. The first-order valence-corrected chi connectivity index (χ1v) is 9.98. The molecule has 1 aromatic carbocycles. The van der Waals surface area contributed by atoms with Crippen molar-refractivity contribution in [2.75, 3.05) is 25.1 Å². The van der Waals surface area contributed by atoms with Crippen LogP contribution in [0.1, 0.15) is 29.3 Å². The van der Waals surface area contributed by atoms with Crippen LogP contribution in [0.25, 0.3) is 11.1 Å². The van der Waals surface area contributed by atoms with Crippen LogP contribution >= 0.6 is 11.6 Å². The number of amidine groups is 1. The summed E-state index contributed by atoms with van der Waals surface area (Å²) in [6, 6.07) is 6.66. The van der Waals surface area contributed by atoms with Gasteiger partial charge in [-0.25, -0.2) is 9.98 Å². The molecule has 31 heavy (non-hydrogen) atoms. The summed E-state index contributed by atoms with van der Waals surface area (Å²) in [5.41, 5.74) is 18.3. The summed E-state index contributed by atoms with van der Waals surface area (Å²) in [5.74, 6) is 0.0509. The van der Waals surface area contributed by atoms with Gasteiger partial charge in [0.2, 0.25) is 0 Å². The van der Waals surface area contributed by atoms with Gasteiger partial charge in [-0.1, -0.05) is 30.7 Å². The average molecular weight is 444 g/mol. The Labute approximate surface area is 185 Å². The summed E-state index contributed by atoms with van der Waals surface area (Å²) in [6.45, 7) is 3.67. The molecule has 0 bridgehead atoms. The summed E-state index contributed by atoms with van der Waals surface area (Å²) >= 11 is 6.23. The number of pyridine rings is 1. The Hall–Kier alpha value is -3.43. The quantitative estimate of drug-likeness (QED) is 0.203. The summed E-state index contributed by atoms with van der Waals surface area (Å²) in [5, 5.41) is 11.3. The fourth-order valence-electron chi connectivity index (χ4n) is 2.84. The third-order valence-electron chi connectivity index (χ3n) is 4.14. The number of rotatable bonds is 11. The SMILES string of the molecule is CCCOCCNc1cc(-c2cccc(Cl)c2C(N)=O)c(C=N)c(N=C(N)/C=C\N)n1. The summed E-state index contributed by atoms with van der Waals surface area (Å²) in [7, 11) is 0. The number of amides is 1. The van der Waals surface area contributed by atoms with E-state index in [1.54, 1.807) is 24.3 Å². The molecule has 2 aromatic rings. The number of aromatic nitrogens is 1. The Balaban J connectivity index is 2.64. The number of nitrogens with one attached hydrogen (secondary N) is 2. The van der Waals surface area contributed by atoms with Crippen molar-refractivity contribution in [1.82, 2.24) is 4.98 Å². The Kier molecular flexibility index (Phi) is 8.98. The maximum Gasteiger partial charge on any atom is 0.250 e. The zero-order valence-corrected chi connectivity index (χ0v) is 17.9.